The summed E-state index contributed by atoms with van der Waals surface area (Å²) in [4.78, 5) is 29.2. The molecule has 0 radical (unpaired) electrons. The Hall–Kier alpha value is -3.45. The van der Waals surface area contributed by atoms with E-state index in [4.69, 9.17) is 14.2 Å². The second kappa shape index (κ2) is 9.14. The highest BCUT2D eigenvalue weighted by Gasteiger charge is 2.28. The van der Waals surface area contributed by atoms with Crippen molar-refractivity contribution in [2.75, 3.05) is 25.2 Å². The maximum Gasteiger partial charge on any atom is 0.338 e. The van der Waals surface area contributed by atoms with Crippen LogP contribution in [0.3, 0.4) is 0 Å². The summed E-state index contributed by atoms with van der Waals surface area (Å²) in [6.45, 7) is 1.95. The lowest BCUT2D eigenvalue weighted by Crippen LogP contribution is -2.32. The van der Waals surface area contributed by atoms with Gasteiger partial charge < -0.3 is 14.2 Å². The zero-order chi connectivity index (χ0) is 21.8. The molecule has 0 N–H and O–H groups in total. The third-order valence-electron chi connectivity index (χ3n) is 4.71. The van der Waals surface area contributed by atoms with E-state index in [9.17, 15) is 9.59 Å². The van der Waals surface area contributed by atoms with Gasteiger partial charge in [-0.25, -0.2) is 4.79 Å². The molecule has 1 aliphatic heterocycles. The van der Waals surface area contributed by atoms with Gasteiger partial charge in [-0.05, 0) is 49.4 Å². The van der Waals surface area contributed by atoms with Crippen molar-refractivity contribution >= 4 is 35.0 Å². The summed E-state index contributed by atoms with van der Waals surface area (Å²) < 4.78 is 16.1. The van der Waals surface area contributed by atoms with E-state index in [-0.39, 0.29) is 18.1 Å². The highest BCUT2D eigenvalue weighted by Crippen LogP contribution is 2.47. The van der Waals surface area contributed by atoms with Crippen molar-refractivity contribution in [1.82, 2.24) is 0 Å². The quantitative estimate of drug-likeness (QED) is 0.503. The van der Waals surface area contributed by atoms with Crippen LogP contribution in [0.2, 0.25) is 0 Å². The Morgan fingerprint density at radius 1 is 0.903 bits per heavy atom. The van der Waals surface area contributed by atoms with Crippen LogP contribution < -0.4 is 14.4 Å². The molecule has 3 aromatic carbocycles. The number of rotatable bonds is 6. The van der Waals surface area contributed by atoms with Gasteiger partial charge in [0.25, 0.3) is 5.91 Å². The van der Waals surface area contributed by atoms with E-state index in [2.05, 4.69) is 0 Å². The zero-order valence-corrected chi connectivity index (χ0v) is 18.0. The maximum atomic E-state index is 13.1. The van der Waals surface area contributed by atoms with Gasteiger partial charge in [0.1, 0.15) is 0 Å². The van der Waals surface area contributed by atoms with Crippen molar-refractivity contribution in [3.05, 3.63) is 72.3 Å². The van der Waals surface area contributed by atoms with Crippen LogP contribution in [-0.4, -0.2) is 32.2 Å². The summed E-state index contributed by atoms with van der Waals surface area (Å²) in [5.41, 5.74) is 1.83. The Balaban J connectivity index is 1.53. The lowest BCUT2D eigenvalue weighted by atomic mass is 10.2. The summed E-state index contributed by atoms with van der Waals surface area (Å²) in [5, 5.41) is 0. The van der Waals surface area contributed by atoms with Gasteiger partial charge in [0.2, 0.25) is 0 Å². The average molecular weight is 436 g/mol. The van der Waals surface area contributed by atoms with Gasteiger partial charge in [0, 0.05) is 9.79 Å². The minimum atomic E-state index is -0.609. The van der Waals surface area contributed by atoms with E-state index >= 15 is 0 Å². The summed E-state index contributed by atoms with van der Waals surface area (Å²) in [6, 6.07) is 20.1. The summed E-state index contributed by atoms with van der Waals surface area (Å²) in [7, 11) is 1.50. The second-order valence-corrected chi connectivity index (χ2v) is 7.73. The molecule has 6 nitrogen and oxygen atoms in total. The number of carbonyl (C=O) groups excluding carboxylic acids is 2. The van der Waals surface area contributed by atoms with Gasteiger partial charge in [-0.15, -0.1) is 0 Å². The number of hydrogen-bond donors (Lipinski definition) is 0. The molecule has 0 fully saturated rings. The topological polar surface area (TPSA) is 65.1 Å². The molecule has 158 valence electrons. The van der Waals surface area contributed by atoms with Crippen LogP contribution >= 0.6 is 11.8 Å². The molecule has 0 atom stereocenters. The maximum absolute atomic E-state index is 13.1. The van der Waals surface area contributed by atoms with Crippen LogP contribution in [0.25, 0.3) is 0 Å². The lowest BCUT2D eigenvalue weighted by Gasteiger charge is -2.30. The molecule has 0 aliphatic carbocycles. The number of fused-ring (bicyclic) bond motifs is 2. The van der Waals surface area contributed by atoms with Crippen molar-refractivity contribution < 1.29 is 23.8 Å². The van der Waals surface area contributed by atoms with Gasteiger partial charge in [-0.2, -0.15) is 0 Å². The van der Waals surface area contributed by atoms with Crippen molar-refractivity contribution in [2.45, 2.75) is 16.7 Å². The molecular formula is C24H21NO5S. The molecule has 0 saturated carbocycles. The molecule has 0 unspecified atom stereocenters. The van der Waals surface area contributed by atoms with E-state index in [1.165, 1.54) is 7.11 Å². The highest BCUT2D eigenvalue weighted by atomic mass is 32.2. The molecule has 1 amide bonds. The number of ether oxygens (including phenoxy) is 3. The SMILES string of the molecule is CCOc1ccc(C(=O)OCC(=O)N2c3ccccc3Sc3ccccc32)cc1OC. The van der Waals surface area contributed by atoms with Crippen LogP contribution in [0.4, 0.5) is 11.4 Å². The van der Waals surface area contributed by atoms with Crippen LogP contribution in [0.1, 0.15) is 17.3 Å². The Kier molecular flexibility index (Phi) is 6.13. The molecule has 1 aliphatic rings. The predicted octanol–water partition coefficient (Wildman–Crippen LogP) is 5.08. The van der Waals surface area contributed by atoms with Crippen molar-refractivity contribution in [3.63, 3.8) is 0 Å². The number of nitrogens with zero attached hydrogens (tertiary/aromatic N) is 1. The average Bonchev–Trinajstić information content (AvgIpc) is 2.81. The third kappa shape index (κ3) is 4.22. The Labute approximate surface area is 184 Å². The van der Waals surface area contributed by atoms with Gasteiger partial charge in [0.05, 0.1) is 30.7 Å². The first-order chi connectivity index (χ1) is 15.1. The first-order valence-electron chi connectivity index (χ1n) is 9.79. The number of benzene rings is 3. The molecule has 3 aromatic rings. The van der Waals surface area contributed by atoms with Crippen LogP contribution in [0, 0.1) is 0 Å². The predicted molar refractivity (Wildman–Crippen MR) is 119 cm³/mol. The molecular weight excluding hydrogens is 414 g/mol. The molecule has 31 heavy (non-hydrogen) atoms. The second-order valence-electron chi connectivity index (χ2n) is 6.64. The van der Waals surface area contributed by atoms with Crippen molar-refractivity contribution in [1.29, 1.82) is 0 Å². The standard InChI is InChI=1S/C24H21NO5S/c1-3-29-19-13-12-16(14-20(19)28-2)24(27)30-15-23(26)25-17-8-4-6-10-21(17)31-22-11-7-5-9-18(22)25/h4-14H,3,15H2,1-2H3. The van der Waals surface area contributed by atoms with Crippen LogP contribution in [-0.2, 0) is 9.53 Å². The molecule has 4 rings (SSSR count). The number of anilines is 2. The van der Waals surface area contributed by atoms with Gasteiger partial charge in [-0.3, -0.25) is 9.69 Å². The Morgan fingerprint density at radius 3 is 2.16 bits per heavy atom. The van der Waals surface area contributed by atoms with Crippen molar-refractivity contribution in [2.24, 2.45) is 0 Å². The zero-order valence-electron chi connectivity index (χ0n) is 17.2. The number of para-hydroxylation sites is 2. The van der Waals surface area contributed by atoms with E-state index in [0.29, 0.717) is 18.1 Å². The molecule has 0 bridgehead atoms. The first kappa shape index (κ1) is 20.8. The van der Waals surface area contributed by atoms with Crippen molar-refractivity contribution in [3.8, 4) is 11.5 Å². The number of esters is 1. The summed E-state index contributed by atoms with van der Waals surface area (Å²) in [5.74, 6) is 0.0318. The molecule has 0 spiro atoms. The van der Waals surface area contributed by atoms with Gasteiger partial charge in [-0.1, -0.05) is 36.0 Å². The van der Waals surface area contributed by atoms with E-state index in [0.717, 1.165) is 21.2 Å². The fourth-order valence-electron chi connectivity index (χ4n) is 3.32. The van der Waals surface area contributed by atoms with Crippen LogP contribution in [0.5, 0.6) is 11.5 Å². The van der Waals surface area contributed by atoms with E-state index in [1.54, 1.807) is 34.9 Å². The minimum Gasteiger partial charge on any atom is -0.493 e. The number of amides is 1. The fourth-order valence-corrected chi connectivity index (χ4v) is 4.38. The summed E-state index contributed by atoms with van der Waals surface area (Å²) in [6.07, 6.45) is 0. The summed E-state index contributed by atoms with van der Waals surface area (Å²) >= 11 is 1.61. The molecule has 1 heterocycles. The number of hydrogen-bond acceptors (Lipinski definition) is 6. The van der Waals surface area contributed by atoms with E-state index < -0.39 is 5.97 Å². The fraction of sp³-hybridized carbons (Fsp3) is 0.167. The molecule has 0 saturated heterocycles. The minimum absolute atomic E-state index is 0.281. The largest absolute Gasteiger partial charge is 0.493 e. The first-order valence-corrected chi connectivity index (χ1v) is 10.6. The van der Waals surface area contributed by atoms with E-state index in [1.807, 2.05) is 55.5 Å². The third-order valence-corrected chi connectivity index (χ3v) is 5.84. The van der Waals surface area contributed by atoms with Crippen LogP contribution in [0.15, 0.2) is 76.5 Å². The number of carbonyl (C=O) groups is 2. The molecule has 7 heteroatoms. The smallest absolute Gasteiger partial charge is 0.338 e. The Morgan fingerprint density at radius 2 is 1.55 bits per heavy atom. The lowest BCUT2D eigenvalue weighted by molar-refractivity contribution is -0.121. The highest BCUT2D eigenvalue weighted by molar-refractivity contribution is 7.99. The number of methoxy groups -OCH3 is 1. The normalized spacial score (nSPS) is 11.9. The van der Waals surface area contributed by atoms with Gasteiger partial charge >= 0.3 is 5.97 Å². The molecule has 0 aromatic heterocycles. The van der Waals surface area contributed by atoms with Gasteiger partial charge in [0.15, 0.2) is 18.1 Å². The monoisotopic (exact) mass is 435 g/mol. The Bertz CT molecular complexity index is 1080.